The van der Waals surface area contributed by atoms with Crippen LogP contribution >= 0.6 is 0 Å². The van der Waals surface area contributed by atoms with Gasteiger partial charge in [-0.3, -0.25) is 9.59 Å². The van der Waals surface area contributed by atoms with Gasteiger partial charge in [0.25, 0.3) is 5.91 Å². The number of ether oxygens (including phenoxy) is 2. The Bertz CT molecular complexity index is 716. The van der Waals surface area contributed by atoms with Crippen molar-refractivity contribution in [1.82, 2.24) is 10.6 Å². The number of benzene rings is 2. The number of carbonyl (C=O) groups excluding carboxylic acids is 2. The van der Waals surface area contributed by atoms with Crippen molar-refractivity contribution in [3.05, 3.63) is 59.7 Å². The first-order valence-corrected chi connectivity index (χ1v) is 7.21. The molecule has 0 saturated heterocycles. The van der Waals surface area contributed by atoms with Crippen molar-refractivity contribution in [1.29, 1.82) is 0 Å². The molecule has 6 nitrogen and oxygen atoms in total. The Morgan fingerprint density at radius 1 is 0.957 bits per heavy atom. The van der Waals surface area contributed by atoms with Gasteiger partial charge in [0.15, 0.2) is 11.5 Å². The summed E-state index contributed by atoms with van der Waals surface area (Å²) in [6.07, 6.45) is 0. The molecule has 0 unspecified atom stereocenters. The van der Waals surface area contributed by atoms with E-state index in [9.17, 15) is 9.59 Å². The van der Waals surface area contributed by atoms with Gasteiger partial charge in [-0.1, -0.05) is 24.3 Å². The van der Waals surface area contributed by atoms with Crippen LogP contribution in [0.15, 0.2) is 48.5 Å². The lowest BCUT2D eigenvalue weighted by Crippen LogP contribution is -2.36. The van der Waals surface area contributed by atoms with Crippen LogP contribution in [0.5, 0.6) is 11.5 Å². The highest BCUT2D eigenvalue weighted by Gasteiger charge is 2.13. The molecule has 1 heterocycles. The van der Waals surface area contributed by atoms with Gasteiger partial charge < -0.3 is 20.1 Å². The summed E-state index contributed by atoms with van der Waals surface area (Å²) < 4.78 is 10.5. The quantitative estimate of drug-likeness (QED) is 0.876. The maximum absolute atomic E-state index is 11.8. The zero-order valence-corrected chi connectivity index (χ0v) is 12.4. The lowest BCUT2D eigenvalue weighted by Gasteiger charge is -2.07. The molecule has 1 aliphatic rings. The van der Waals surface area contributed by atoms with Crippen molar-refractivity contribution in [3.63, 3.8) is 0 Å². The van der Waals surface area contributed by atoms with Gasteiger partial charge in [-0.25, -0.2) is 0 Å². The lowest BCUT2D eigenvalue weighted by atomic mass is 10.2. The Labute approximate surface area is 133 Å². The van der Waals surface area contributed by atoms with Crippen LogP contribution in [-0.2, 0) is 11.3 Å². The summed E-state index contributed by atoms with van der Waals surface area (Å²) in [6, 6.07) is 14.3. The molecule has 6 heteroatoms. The van der Waals surface area contributed by atoms with E-state index in [0.717, 1.165) is 5.56 Å². The Hall–Kier alpha value is -3.02. The lowest BCUT2D eigenvalue weighted by molar-refractivity contribution is -0.120. The molecule has 0 fully saturated rings. The summed E-state index contributed by atoms with van der Waals surface area (Å²) >= 11 is 0. The summed E-state index contributed by atoms with van der Waals surface area (Å²) in [5, 5.41) is 5.33. The number of fused-ring (bicyclic) bond motifs is 1. The smallest absolute Gasteiger partial charge is 0.251 e. The molecule has 0 aliphatic carbocycles. The van der Waals surface area contributed by atoms with Crippen LogP contribution in [0.25, 0.3) is 0 Å². The highest BCUT2D eigenvalue weighted by molar-refractivity contribution is 5.96. The molecule has 0 aromatic heterocycles. The van der Waals surface area contributed by atoms with Gasteiger partial charge in [0.1, 0.15) is 0 Å². The van der Waals surface area contributed by atoms with E-state index in [0.29, 0.717) is 23.6 Å². The van der Waals surface area contributed by atoms with Gasteiger partial charge in [0.2, 0.25) is 12.7 Å². The monoisotopic (exact) mass is 312 g/mol. The third kappa shape index (κ3) is 3.79. The first-order valence-electron chi connectivity index (χ1n) is 7.21. The van der Waals surface area contributed by atoms with Crippen molar-refractivity contribution in [3.8, 4) is 11.5 Å². The molecule has 23 heavy (non-hydrogen) atoms. The SMILES string of the molecule is O=C(CNC(=O)c1ccccc1)NCc1ccc2c(c1)OCO2. The molecule has 2 N–H and O–H groups in total. The molecular weight excluding hydrogens is 296 g/mol. The maximum Gasteiger partial charge on any atom is 0.251 e. The largest absolute Gasteiger partial charge is 0.454 e. The summed E-state index contributed by atoms with van der Waals surface area (Å²) in [7, 11) is 0. The van der Waals surface area contributed by atoms with Gasteiger partial charge >= 0.3 is 0 Å². The summed E-state index contributed by atoms with van der Waals surface area (Å²) in [6.45, 7) is 0.506. The van der Waals surface area contributed by atoms with Crippen LogP contribution in [0.4, 0.5) is 0 Å². The molecule has 2 aromatic rings. The third-order valence-corrected chi connectivity index (χ3v) is 3.37. The van der Waals surface area contributed by atoms with E-state index in [1.54, 1.807) is 30.3 Å². The Morgan fingerprint density at radius 3 is 2.57 bits per heavy atom. The Balaban J connectivity index is 1.46. The summed E-state index contributed by atoms with van der Waals surface area (Å²) in [5.74, 6) is 0.847. The Kier molecular flexibility index (Phi) is 4.42. The number of amides is 2. The van der Waals surface area contributed by atoms with E-state index < -0.39 is 0 Å². The predicted octanol–water partition coefficient (Wildman–Crippen LogP) is 1.46. The van der Waals surface area contributed by atoms with Crippen LogP contribution in [0.3, 0.4) is 0 Å². The van der Waals surface area contributed by atoms with Gasteiger partial charge in [-0.05, 0) is 29.8 Å². The van der Waals surface area contributed by atoms with E-state index in [-0.39, 0.29) is 25.2 Å². The number of nitrogens with one attached hydrogen (secondary N) is 2. The minimum Gasteiger partial charge on any atom is -0.454 e. The van der Waals surface area contributed by atoms with E-state index >= 15 is 0 Å². The van der Waals surface area contributed by atoms with Crippen LogP contribution in [0.1, 0.15) is 15.9 Å². The van der Waals surface area contributed by atoms with Crippen molar-refractivity contribution >= 4 is 11.8 Å². The van der Waals surface area contributed by atoms with Gasteiger partial charge in [-0.2, -0.15) is 0 Å². The standard InChI is InChI=1S/C17H16N2O4/c20-16(10-19-17(21)13-4-2-1-3-5-13)18-9-12-6-7-14-15(8-12)23-11-22-14/h1-8H,9-11H2,(H,18,20)(H,19,21). The topological polar surface area (TPSA) is 76.7 Å². The second kappa shape index (κ2) is 6.83. The maximum atomic E-state index is 11.8. The first kappa shape index (κ1) is 14.9. The molecule has 0 bridgehead atoms. The zero-order chi connectivity index (χ0) is 16.1. The van der Waals surface area contributed by atoms with E-state index in [1.807, 2.05) is 18.2 Å². The average Bonchev–Trinajstić information content (AvgIpc) is 3.06. The second-order valence-corrected chi connectivity index (χ2v) is 5.01. The van der Waals surface area contributed by atoms with E-state index in [2.05, 4.69) is 10.6 Å². The van der Waals surface area contributed by atoms with Crippen LogP contribution < -0.4 is 20.1 Å². The number of rotatable bonds is 5. The molecule has 0 spiro atoms. The summed E-state index contributed by atoms with van der Waals surface area (Å²) in [4.78, 5) is 23.6. The van der Waals surface area contributed by atoms with Gasteiger partial charge in [0, 0.05) is 12.1 Å². The second-order valence-electron chi connectivity index (χ2n) is 5.01. The minimum absolute atomic E-state index is 0.0712. The van der Waals surface area contributed by atoms with Gasteiger partial charge in [0.05, 0.1) is 6.54 Å². The van der Waals surface area contributed by atoms with Crippen LogP contribution in [0.2, 0.25) is 0 Å². The number of carbonyl (C=O) groups is 2. The van der Waals surface area contributed by atoms with E-state index in [4.69, 9.17) is 9.47 Å². The molecule has 0 saturated carbocycles. The molecule has 1 aliphatic heterocycles. The molecule has 2 aromatic carbocycles. The molecular formula is C17H16N2O4. The fourth-order valence-corrected chi connectivity index (χ4v) is 2.17. The van der Waals surface area contributed by atoms with Crippen LogP contribution in [0, 0.1) is 0 Å². The first-order chi connectivity index (χ1) is 11.2. The Morgan fingerprint density at radius 2 is 1.74 bits per heavy atom. The molecule has 3 rings (SSSR count). The van der Waals surface area contributed by atoms with Crippen LogP contribution in [-0.4, -0.2) is 25.2 Å². The van der Waals surface area contributed by atoms with Crippen molar-refractivity contribution < 1.29 is 19.1 Å². The highest BCUT2D eigenvalue weighted by Crippen LogP contribution is 2.32. The van der Waals surface area contributed by atoms with Crippen molar-refractivity contribution in [2.75, 3.05) is 13.3 Å². The fourth-order valence-electron chi connectivity index (χ4n) is 2.17. The number of hydrogen-bond acceptors (Lipinski definition) is 4. The summed E-state index contributed by atoms with van der Waals surface area (Å²) in [5.41, 5.74) is 1.42. The fraction of sp³-hybridized carbons (Fsp3) is 0.176. The van der Waals surface area contributed by atoms with Gasteiger partial charge in [-0.15, -0.1) is 0 Å². The average molecular weight is 312 g/mol. The van der Waals surface area contributed by atoms with Crippen molar-refractivity contribution in [2.24, 2.45) is 0 Å². The molecule has 0 atom stereocenters. The molecule has 2 amide bonds. The number of hydrogen-bond donors (Lipinski definition) is 2. The highest BCUT2D eigenvalue weighted by atomic mass is 16.7. The normalized spacial score (nSPS) is 11.8. The molecule has 0 radical (unpaired) electrons. The van der Waals surface area contributed by atoms with E-state index in [1.165, 1.54) is 0 Å². The predicted molar refractivity (Wildman–Crippen MR) is 83.2 cm³/mol. The third-order valence-electron chi connectivity index (χ3n) is 3.37. The minimum atomic E-state index is -0.274. The zero-order valence-electron chi connectivity index (χ0n) is 12.4. The molecule has 118 valence electrons. The van der Waals surface area contributed by atoms with Crippen molar-refractivity contribution in [2.45, 2.75) is 6.54 Å².